The van der Waals surface area contributed by atoms with E-state index in [1.165, 1.54) is 5.69 Å². The van der Waals surface area contributed by atoms with Crippen molar-refractivity contribution in [3.8, 4) is 0 Å². The third-order valence-corrected chi connectivity index (χ3v) is 2.76. The Kier molecular flexibility index (Phi) is 5.42. The Hall–Kier alpha value is -0.940. The van der Waals surface area contributed by atoms with Crippen LogP contribution in [-0.2, 0) is 17.6 Å². The second-order valence-electron chi connectivity index (χ2n) is 3.84. The molecule has 0 aliphatic carbocycles. The minimum absolute atomic E-state index is 0.277. The molecule has 16 heavy (non-hydrogen) atoms. The van der Waals surface area contributed by atoms with E-state index in [9.17, 15) is 0 Å². The number of hydrogen-bond acceptors (Lipinski definition) is 4. The zero-order chi connectivity index (χ0) is 12.0. The van der Waals surface area contributed by atoms with Gasteiger partial charge in [-0.05, 0) is 19.4 Å². The summed E-state index contributed by atoms with van der Waals surface area (Å²) in [6.07, 6.45) is 2.72. The molecule has 92 valence electrons. The van der Waals surface area contributed by atoms with Crippen LogP contribution in [0.2, 0.25) is 0 Å². The molecular formula is C11H22N4O. The first kappa shape index (κ1) is 13.1. The van der Waals surface area contributed by atoms with Crippen molar-refractivity contribution < 1.29 is 4.74 Å². The highest BCUT2D eigenvalue weighted by atomic mass is 16.5. The van der Waals surface area contributed by atoms with E-state index in [2.05, 4.69) is 24.2 Å². The van der Waals surface area contributed by atoms with Gasteiger partial charge in [0.2, 0.25) is 0 Å². The number of aromatic nitrogens is 3. The molecule has 0 fully saturated rings. The van der Waals surface area contributed by atoms with Crippen LogP contribution >= 0.6 is 0 Å². The molecule has 0 aliphatic rings. The predicted molar refractivity (Wildman–Crippen MR) is 63.4 cm³/mol. The van der Waals surface area contributed by atoms with Crippen LogP contribution in [0.15, 0.2) is 0 Å². The number of rotatable bonds is 7. The van der Waals surface area contributed by atoms with E-state index in [0.717, 1.165) is 25.0 Å². The van der Waals surface area contributed by atoms with Gasteiger partial charge < -0.3 is 10.5 Å². The lowest BCUT2D eigenvalue weighted by Crippen LogP contribution is -2.18. The van der Waals surface area contributed by atoms with E-state index >= 15 is 0 Å². The molecule has 0 amide bonds. The van der Waals surface area contributed by atoms with Crippen LogP contribution in [0.4, 0.5) is 0 Å². The lowest BCUT2D eigenvalue weighted by molar-refractivity contribution is 0.145. The SMILES string of the molecule is CCc1c(CCN)nnn1C(CC)COC. The highest BCUT2D eigenvalue weighted by molar-refractivity contribution is 5.11. The number of methoxy groups -OCH3 is 1. The van der Waals surface area contributed by atoms with E-state index in [1.807, 2.05) is 4.68 Å². The standard InChI is InChI=1S/C11H22N4O/c1-4-9(8-16-3)15-11(5-2)10(6-7-12)13-14-15/h9H,4-8,12H2,1-3H3. The van der Waals surface area contributed by atoms with E-state index in [0.29, 0.717) is 13.2 Å². The molecular weight excluding hydrogens is 204 g/mol. The Labute approximate surface area is 97.0 Å². The van der Waals surface area contributed by atoms with Gasteiger partial charge in [-0.1, -0.05) is 19.1 Å². The van der Waals surface area contributed by atoms with Crippen LogP contribution in [-0.4, -0.2) is 35.3 Å². The van der Waals surface area contributed by atoms with Crippen LogP contribution in [0, 0.1) is 0 Å². The van der Waals surface area contributed by atoms with Gasteiger partial charge in [-0.15, -0.1) is 5.10 Å². The Balaban J connectivity index is 2.93. The molecule has 0 spiro atoms. The van der Waals surface area contributed by atoms with Crippen molar-refractivity contribution in [2.75, 3.05) is 20.3 Å². The van der Waals surface area contributed by atoms with E-state index in [1.54, 1.807) is 7.11 Å². The van der Waals surface area contributed by atoms with Crippen molar-refractivity contribution in [2.45, 2.75) is 39.2 Å². The third kappa shape index (κ3) is 2.80. The normalized spacial score (nSPS) is 13.0. The predicted octanol–water partition coefficient (Wildman–Crippen LogP) is 0.939. The summed E-state index contributed by atoms with van der Waals surface area (Å²) in [5.41, 5.74) is 7.78. The Morgan fingerprint density at radius 1 is 1.44 bits per heavy atom. The van der Waals surface area contributed by atoms with Crippen LogP contribution in [0.25, 0.3) is 0 Å². The summed E-state index contributed by atoms with van der Waals surface area (Å²) < 4.78 is 7.20. The Morgan fingerprint density at radius 2 is 2.19 bits per heavy atom. The van der Waals surface area contributed by atoms with Crippen molar-refractivity contribution in [1.29, 1.82) is 0 Å². The molecule has 1 atom stereocenters. The second-order valence-corrected chi connectivity index (χ2v) is 3.84. The zero-order valence-corrected chi connectivity index (χ0v) is 10.4. The molecule has 2 N–H and O–H groups in total. The smallest absolute Gasteiger partial charge is 0.0871 e. The van der Waals surface area contributed by atoms with Crippen molar-refractivity contribution in [3.05, 3.63) is 11.4 Å². The molecule has 1 rings (SSSR count). The summed E-state index contributed by atoms with van der Waals surface area (Å²) in [7, 11) is 1.71. The fourth-order valence-corrected chi connectivity index (χ4v) is 1.89. The van der Waals surface area contributed by atoms with E-state index in [4.69, 9.17) is 10.5 Å². The summed E-state index contributed by atoms with van der Waals surface area (Å²) >= 11 is 0. The number of nitrogens with zero attached hydrogens (tertiary/aromatic N) is 3. The molecule has 0 radical (unpaired) electrons. The van der Waals surface area contributed by atoms with Crippen molar-refractivity contribution >= 4 is 0 Å². The second kappa shape index (κ2) is 6.60. The summed E-state index contributed by atoms with van der Waals surface area (Å²) in [5.74, 6) is 0. The van der Waals surface area contributed by atoms with Crippen molar-refractivity contribution in [3.63, 3.8) is 0 Å². The monoisotopic (exact) mass is 226 g/mol. The zero-order valence-electron chi connectivity index (χ0n) is 10.4. The van der Waals surface area contributed by atoms with Crippen LogP contribution < -0.4 is 5.73 Å². The molecule has 1 unspecified atom stereocenters. The molecule has 0 bridgehead atoms. The maximum absolute atomic E-state index is 5.56. The average molecular weight is 226 g/mol. The molecule has 0 aliphatic heterocycles. The Bertz CT molecular complexity index is 311. The van der Waals surface area contributed by atoms with Crippen molar-refractivity contribution in [2.24, 2.45) is 5.73 Å². The highest BCUT2D eigenvalue weighted by Crippen LogP contribution is 2.16. The van der Waals surface area contributed by atoms with E-state index in [-0.39, 0.29) is 6.04 Å². The summed E-state index contributed by atoms with van der Waals surface area (Å²) in [5, 5.41) is 8.43. The van der Waals surface area contributed by atoms with Gasteiger partial charge in [0.15, 0.2) is 0 Å². The highest BCUT2D eigenvalue weighted by Gasteiger charge is 2.17. The summed E-state index contributed by atoms with van der Waals surface area (Å²) in [4.78, 5) is 0. The van der Waals surface area contributed by atoms with Gasteiger partial charge in [0.1, 0.15) is 0 Å². The molecule has 0 saturated heterocycles. The molecule has 1 aromatic rings. The molecule has 0 saturated carbocycles. The van der Waals surface area contributed by atoms with Gasteiger partial charge >= 0.3 is 0 Å². The summed E-state index contributed by atoms with van der Waals surface area (Å²) in [6, 6.07) is 0.277. The maximum atomic E-state index is 5.56. The van der Waals surface area contributed by atoms with Crippen molar-refractivity contribution in [1.82, 2.24) is 15.0 Å². The lowest BCUT2D eigenvalue weighted by atomic mass is 10.1. The number of nitrogens with two attached hydrogens (primary N) is 1. The third-order valence-electron chi connectivity index (χ3n) is 2.76. The lowest BCUT2D eigenvalue weighted by Gasteiger charge is -2.16. The van der Waals surface area contributed by atoms with Crippen LogP contribution in [0.1, 0.15) is 37.7 Å². The maximum Gasteiger partial charge on any atom is 0.0871 e. The van der Waals surface area contributed by atoms with Crippen LogP contribution in [0.3, 0.4) is 0 Å². The quantitative estimate of drug-likeness (QED) is 0.751. The minimum Gasteiger partial charge on any atom is -0.382 e. The van der Waals surface area contributed by atoms with E-state index < -0.39 is 0 Å². The largest absolute Gasteiger partial charge is 0.382 e. The average Bonchev–Trinajstić information content (AvgIpc) is 2.69. The molecule has 1 aromatic heterocycles. The first-order chi connectivity index (χ1) is 7.78. The fraction of sp³-hybridized carbons (Fsp3) is 0.818. The minimum atomic E-state index is 0.277. The Morgan fingerprint density at radius 3 is 2.69 bits per heavy atom. The number of ether oxygens (including phenoxy) is 1. The molecule has 5 nitrogen and oxygen atoms in total. The molecule has 5 heteroatoms. The van der Waals surface area contributed by atoms with Gasteiger partial charge in [-0.2, -0.15) is 0 Å². The van der Waals surface area contributed by atoms with Gasteiger partial charge in [0.05, 0.1) is 24.0 Å². The molecule has 0 aromatic carbocycles. The summed E-state index contributed by atoms with van der Waals surface area (Å²) in [6.45, 7) is 5.55. The van der Waals surface area contributed by atoms with Gasteiger partial charge in [-0.3, -0.25) is 0 Å². The molecule has 1 heterocycles. The van der Waals surface area contributed by atoms with Gasteiger partial charge in [0.25, 0.3) is 0 Å². The van der Waals surface area contributed by atoms with Gasteiger partial charge in [-0.25, -0.2) is 4.68 Å². The topological polar surface area (TPSA) is 66.0 Å². The first-order valence-corrected chi connectivity index (χ1v) is 5.90. The van der Waals surface area contributed by atoms with Crippen LogP contribution in [0.5, 0.6) is 0 Å². The first-order valence-electron chi connectivity index (χ1n) is 5.90. The van der Waals surface area contributed by atoms with Gasteiger partial charge in [0, 0.05) is 13.5 Å². The number of hydrogen-bond donors (Lipinski definition) is 1. The fourth-order valence-electron chi connectivity index (χ4n) is 1.89.